The fraction of sp³-hybridized carbons (Fsp3) is 0.667. The van der Waals surface area contributed by atoms with E-state index in [0.29, 0.717) is 12.0 Å². The third-order valence-corrected chi connectivity index (χ3v) is 12.2. The van der Waals surface area contributed by atoms with E-state index in [2.05, 4.69) is 6.58 Å². The number of esters is 5. The molecule has 12 unspecified atom stereocenters. The monoisotopic (exact) mass is 684 g/mol. The van der Waals surface area contributed by atoms with Crippen molar-refractivity contribution in [3.05, 3.63) is 36.3 Å². The fourth-order valence-corrected chi connectivity index (χ4v) is 9.82. The molecular weight excluding hydrogens is 640 g/mol. The van der Waals surface area contributed by atoms with Gasteiger partial charge in [0.15, 0.2) is 5.78 Å². The van der Waals surface area contributed by atoms with Gasteiger partial charge in [-0.25, -0.2) is 4.79 Å². The van der Waals surface area contributed by atoms with Crippen LogP contribution >= 0.6 is 0 Å². The van der Waals surface area contributed by atoms with Gasteiger partial charge in [-0.15, -0.1) is 0 Å². The molecule has 0 aromatic carbocycles. The number of rotatable bonds is 7. The average molecular weight is 685 g/mol. The molecule has 0 radical (unpaired) electrons. The number of fused-ring (bicyclic) bond motifs is 6. The van der Waals surface area contributed by atoms with Crippen molar-refractivity contribution in [1.29, 1.82) is 0 Å². The van der Waals surface area contributed by atoms with E-state index in [1.54, 1.807) is 26.8 Å². The maximum atomic E-state index is 14.7. The highest BCUT2D eigenvalue weighted by Crippen LogP contribution is 2.71. The van der Waals surface area contributed by atoms with Gasteiger partial charge < -0.3 is 32.8 Å². The zero-order chi connectivity index (χ0) is 35.8. The van der Waals surface area contributed by atoms with Crippen molar-refractivity contribution < 1.29 is 61.6 Å². The number of furan rings is 1. The predicted molar refractivity (Wildman–Crippen MR) is 166 cm³/mol. The van der Waals surface area contributed by atoms with Gasteiger partial charge in [0.1, 0.15) is 24.4 Å². The van der Waals surface area contributed by atoms with Gasteiger partial charge in [-0.2, -0.15) is 0 Å². The Bertz CT molecular complexity index is 1600. The summed E-state index contributed by atoms with van der Waals surface area (Å²) in [5.74, 6) is -6.58. The second-order valence-corrected chi connectivity index (χ2v) is 14.9. The minimum atomic E-state index is -2.04. The van der Waals surface area contributed by atoms with Crippen LogP contribution in [-0.2, 0) is 57.2 Å². The Morgan fingerprint density at radius 1 is 1.04 bits per heavy atom. The van der Waals surface area contributed by atoms with E-state index in [9.17, 15) is 28.8 Å². The van der Waals surface area contributed by atoms with Crippen molar-refractivity contribution in [3.8, 4) is 0 Å². The van der Waals surface area contributed by atoms with Crippen molar-refractivity contribution >= 4 is 35.6 Å². The number of hydrogen-bond acceptors (Lipinski definition) is 13. The van der Waals surface area contributed by atoms with Crippen LogP contribution in [0.15, 0.2) is 35.2 Å². The minimum absolute atomic E-state index is 0.121. The van der Waals surface area contributed by atoms with Crippen LogP contribution in [0.2, 0.25) is 0 Å². The summed E-state index contributed by atoms with van der Waals surface area (Å²) in [5, 5.41) is 0. The van der Waals surface area contributed by atoms with E-state index in [4.69, 9.17) is 32.8 Å². The second-order valence-electron chi connectivity index (χ2n) is 14.9. The van der Waals surface area contributed by atoms with Gasteiger partial charge in [0.05, 0.1) is 36.9 Å². The maximum absolute atomic E-state index is 14.7. The molecule has 2 aliphatic carbocycles. The lowest BCUT2D eigenvalue weighted by atomic mass is 9.48. The molecule has 1 aromatic rings. The first-order chi connectivity index (χ1) is 22.9. The number of Topliss-reactive ketones (excluding diaryl/α,β-unsaturated/α-hetero) is 1. The number of carbonyl (C=O) groups excluding carboxylic acids is 6. The number of ketones is 1. The molecule has 2 saturated carbocycles. The Labute approximate surface area is 284 Å². The van der Waals surface area contributed by atoms with Crippen LogP contribution < -0.4 is 0 Å². The second kappa shape index (κ2) is 11.8. The molecule has 5 aliphatic rings. The lowest BCUT2D eigenvalue weighted by Gasteiger charge is -2.58. The van der Waals surface area contributed by atoms with E-state index < -0.39 is 106 Å². The molecule has 266 valence electrons. The first-order valence-electron chi connectivity index (χ1n) is 16.8. The van der Waals surface area contributed by atoms with Crippen LogP contribution in [0.25, 0.3) is 0 Å². The highest BCUT2D eigenvalue weighted by atomic mass is 16.6. The number of cyclic esters (lactones) is 1. The SMILES string of the molecule is C=C1C2C(OC3CC(=O)OC4(C)COC(=O)CC4C32C)C(OC(=O)C(OC(C)=O)C(C)CC)C2(C)C(c3ccoc3)CC(=O)C12OC(C)=O. The lowest BCUT2D eigenvalue weighted by molar-refractivity contribution is -0.224. The molecule has 4 heterocycles. The molecule has 3 saturated heterocycles. The molecule has 0 bridgehead atoms. The molecule has 0 N–H and O–H groups in total. The normalized spacial score (nSPS) is 40.7. The highest BCUT2D eigenvalue weighted by Gasteiger charge is 2.81. The van der Waals surface area contributed by atoms with Crippen molar-refractivity contribution in [2.24, 2.45) is 28.6 Å². The van der Waals surface area contributed by atoms with Gasteiger partial charge in [-0.1, -0.05) is 34.3 Å². The Morgan fingerprint density at radius 2 is 1.76 bits per heavy atom. The third-order valence-electron chi connectivity index (χ3n) is 12.2. The minimum Gasteiger partial charge on any atom is -0.472 e. The van der Waals surface area contributed by atoms with Gasteiger partial charge in [-0.05, 0) is 30.5 Å². The molecule has 12 atom stereocenters. The molecule has 13 heteroatoms. The summed E-state index contributed by atoms with van der Waals surface area (Å²) in [4.78, 5) is 80.4. The van der Waals surface area contributed by atoms with Crippen LogP contribution in [0.1, 0.15) is 85.6 Å². The van der Waals surface area contributed by atoms with Gasteiger partial charge in [0.2, 0.25) is 11.7 Å². The summed E-state index contributed by atoms with van der Waals surface area (Å²) >= 11 is 0. The van der Waals surface area contributed by atoms with Gasteiger partial charge in [0, 0.05) is 49.4 Å². The average Bonchev–Trinajstić information content (AvgIpc) is 3.69. The molecule has 5 fully saturated rings. The first kappa shape index (κ1) is 34.8. The Hall–Kier alpha value is -4.00. The zero-order valence-corrected chi connectivity index (χ0v) is 28.9. The van der Waals surface area contributed by atoms with Crippen LogP contribution in [-0.4, -0.2) is 77.9 Å². The quantitative estimate of drug-likeness (QED) is 0.231. The summed E-state index contributed by atoms with van der Waals surface area (Å²) in [6, 6.07) is 1.69. The standard InChI is InChI=1S/C36H44O13/c1-9-17(2)29(45-19(4)37)32(42)47-31-30-28(34(7)23-13-26(40)44-16-33(23,6)49-27(41)14-25(34)46-30)18(3)36(48-20(5)38)24(39)12-22(35(31,36)8)21-10-11-43-15-21/h10-11,15,17,22-23,25,28-31H,3,9,12-14,16H2,1-2,4-8H3. The Morgan fingerprint density at radius 3 is 2.37 bits per heavy atom. The van der Waals surface area contributed by atoms with Crippen LogP contribution in [0.5, 0.6) is 0 Å². The Kier molecular flexibility index (Phi) is 8.40. The first-order valence-corrected chi connectivity index (χ1v) is 16.8. The number of hydrogen-bond donors (Lipinski definition) is 0. The van der Waals surface area contributed by atoms with Crippen molar-refractivity contribution in [1.82, 2.24) is 0 Å². The molecule has 0 amide bonds. The molecule has 3 aliphatic heterocycles. The van der Waals surface area contributed by atoms with Gasteiger partial charge in [-0.3, -0.25) is 24.0 Å². The number of ether oxygens (including phenoxy) is 6. The van der Waals surface area contributed by atoms with Crippen LogP contribution in [0.4, 0.5) is 0 Å². The van der Waals surface area contributed by atoms with Gasteiger partial charge in [0.25, 0.3) is 0 Å². The fourth-order valence-electron chi connectivity index (χ4n) is 9.82. The summed E-state index contributed by atoms with van der Waals surface area (Å²) < 4.78 is 41.7. The summed E-state index contributed by atoms with van der Waals surface area (Å²) in [7, 11) is 0. The van der Waals surface area contributed by atoms with Gasteiger partial charge >= 0.3 is 29.8 Å². The maximum Gasteiger partial charge on any atom is 0.348 e. The summed E-state index contributed by atoms with van der Waals surface area (Å²) in [6.07, 6.45) is -1.59. The third kappa shape index (κ3) is 4.89. The zero-order valence-electron chi connectivity index (χ0n) is 28.9. The summed E-state index contributed by atoms with van der Waals surface area (Å²) in [6.45, 7) is 15.5. The molecule has 49 heavy (non-hydrogen) atoms. The molecule has 1 aromatic heterocycles. The van der Waals surface area contributed by atoms with E-state index in [1.807, 2.05) is 13.8 Å². The molecule has 13 nitrogen and oxygen atoms in total. The number of carbonyl (C=O) groups is 6. The van der Waals surface area contributed by atoms with E-state index >= 15 is 0 Å². The van der Waals surface area contributed by atoms with Crippen molar-refractivity contribution in [2.75, 3.05) is 6.61 Å². The van der Waals surface area contributed by atoms with E-state index in [-0.39, 0.29) is 31.4 Å². The smallest absolute Gasteiger partial charge is 0.348 e. The van der Waals surface area contributed by atoms with E-state index in [1.165, 1.54) is 26.4 Å². The highest BCUT2D eigenvalue weighted by molar-refractivity contribution is 5.98. The summed E-state index contributed by atoms with van der Waals surface area (Å²) in [5.41, 5.74) is -5.15. The topological polar surface area (TPSA) is 171 Å². The molecule has 0 spiro atoms. The largest absolute Gasteiger partial charge is 0.472 e. The van der Waals surface area contributed by atoms with E-state index in [0.717, 1.165) is 0 Å². The van der Waals surface area contributed by atoms with Crippen molar-refractivity contribution in [3.63, 3.8) is 0 Å². The Balaban J connectivity index is 1.59. The molecular formula is C36H44O13. The predicted octanol–water partition coefficient (Wildman–Crippen LogP) is 3.76. The lowest BCUT2D eigenvalue weighted by Crippen LogP contribution is -2.70. The van der Waals surface area contributed by atoms with Crippen LogP contribution in [0.3, 0.4) is 0 Å². The van der Waals surface area contributed by atoms with Crippen LogP contribution in [0, 0.1) is 28.6 Å². The molecule has 6 rings (SSSR count). The van der Waals surface area contributed by atoms with Crippen molar-refractivity contribution in [2.45, 2.75) is 116 Å².